The van der Waals surface area contributed by atoms with E-state index in [2.05, 4.69) is 0 Å². The number of ether oxygens (including phenoxy) is 3. The van der Waals surface area contributed by atoms with Crippen molar-refractivity contribution in [2.75, 3.05) is 25.2 Å². The molecule has 1 amide bonds. The molecule has 158 valence electrons. The van der Waals surface area contributed by atoms with Crippen molar-refractivity contribution < 1.29 is 28.6 Å². The third kappa shape index (κ3) is 6.20. The van der Waals surface area contributed by atoms with Gasteiger partial charge in [-0.05, 0) is 43.7 Å². The first-order valence-corrected chi connectivity index (χ1v) is 9.55. The predicted molar refractivity (Wildman–Crippen MR) is 112 cm³/mol. The lowest BCUT2D eigenvalue weighted by molar-refractivity contribution is -0.146. The average molecular weight is 411 g/mol. The van der Waals surface area contributed by atoms with Gasteiger partial charge in [0.1, 0.15) is 11.3 Å². The van der Waals surface area contributed by atoms with Crippen molar-refractivity contribution in [1.82, 2.24) is 0 Å². The smallest absolute Gasteiger partial charge is 0.345 e. The number of anilines is 1. The molecule has 0 radical (unpaired) electrons. The minimum Gasteiger partial charge on any atom is -0.497 e. The first-order valence-electron chi connectivity index (χ1n) is 9.55. The zero-order valence-electron chi connectivity index (χ0n) is 17.3. The number of methoxy groups -OCH3 is 1. The molecule has 0 atom stereocenters. The van der Waals surface area contributed by atoms with Gasteiger partial charge in [-0.15, -0.1) is 0 Å². The van der Waals surface area contributed by atoms with E-state index in [1.54, 1.807) is 45.2 Å². The highest BCUT2D eigenvalue weighted by molar-refractivity contribution is 6.19. The van der Waals surface area contributed by atoms with Crippen molar-refractivity contribution in [1.29, 1.82) is 0 Å². The molecule has 2 aromatic rings. The molecule has 0 fully saturated rings. The average Bonchev–Trinajstić information content (AvgIpc) is 2.76. The Labute approximate surface area is 175 Å². The van der Waals surface area contributed by atoms with Crippen molar-refractivity contribution in [2.24, 2.45) is 0 Å². The Morgan fingerprint density at radius 3 is 1.93 bits per heavy atom. The van der Waals surface area contributed by atoms with Crippen LogP contribution in [0.2, 0.25) is 0 Å². The largest absolute Gasteiger partial charge is 0.497 e. The number of esters is 2. The van der Waals surface area contributed by atoms with E-state index < -0.39 is 23.4 Å². The summed E-state index contributed by atoms with van der Waals surface area (Å²) >= 11 is 0. The van der Waals surface area contributed by atoms with Gasteiger partial charge in [0.05, 0.1) is 26.9 Å². The molecular weight excluding hydrogens is 386 g/mol. The Morgan fingerprint density at radius 2 is 1.43 bits per heavy atom. The second-order valence-electron chi connectivity index (χ2n) is 6.11. The van der Waals surface area contributed by atoms with E-state index in [0.717, 1.165) is 11.6 Å². The van der Waals surface area contributed by atoms with Crippen LogP contribution in [0, 0.1) is 0 Å². The molecule has 2 aromatic carbocycles. The molecule has 2 rings (SSSR count). The first-order chi connectivity index (χ1) is 14.5. The maximum Gasteiger partial charge on any atom is 0.345 e. The Hall–Kier alpha value is -3.61. The number of hydrogen-bond donors (Lipinski definition) is 0. The lowest BCUT2D eigenvalue weighted by Crippen LogP contribution is -2.30. The van der Waals surface area contributed by atoms with E-state index >= 15 is 0 Å². The molecule has 0 saturated heterocycles. The highest BCUT2D eigenvalue weighted by atomic mass is 16.6. The molecule has 0 aliphatic carbocycles. The summed E-state index contributed by atoms with van der Waals surface area (Å²) in [6.07, 6.45) is 0.961. The van der Waals surface area contributed by atoms with Gasteiger partial charge in [-0.3, -0.25) is 4.79 Å². The molecule has 0 bridgehead atoms. The van der Waals surface area contributed by atoms with E-state index in [1.807, 2.05) is 30.3 Å². The van der Waals surface area contributed by atoms with Gasteiger partial charge in [0.15, 0.2) is 0 Å². The van der Waals surface area contributed by atoms with E-state index in [1.165, 1.54) is 4.90 Å². The van der Waals surface area contributed by atoms with Crippen LogP contribution in [0.25, 0.3) is 0 Å². The summed E-state index contributed by atoms with van der Waals surface area (Å²) in [5.74, 6) is -1.72. The molecule has 0 N–H and O–H groups in total. The van der Waals surface area contributed by atoms with Gasteiger partial charge in [-0.2, -0.15) is 0 Å². The summed E-state index contributed by atoms with van der Waals surface area (Å²) in [5.41, 5.74) is 1.01. The van der Waals surface area contributed by atoms with E-state index in [9.17, 15) is 14.4 Å². The molecule has 7 heteroatoms. The van der Waals surface area contributed by atoms with Crippen LogP contribution in [0.3, 0.4) is 0 Å². The van der Waals surface area contributed by atoms with Crippen molar-refractivity contribution in [3.63, 3.8) is 0 Å². The molecule has 0 aliphatic heterocycles. The molecule has 0 spiro atoms. The third-order valence-corrected chi connectivity index (χ3v) is 4.09. The molecule has 0 saturated carbocycles. The van der Waals surface area contributed by atoms with Crippen molar-refractivity contribution >= 4 is 23.5 Å². The molecule has 0 unspecified atom stereocenters. The van der Waals surface area contributed by atoms with E-state index in [-0.39, 0.29) is 19.8 Å². The molecule has 7 nitrogen and oxygen atoms in total. The van der Waals surface area contributed by atoms with Gasteiger partial charge in [0.25, 0.3) is 5.91 Å². The van der Waals surface area contributed by atoms with Gasteiger partial charge in [0.2, 0.25) is 0 Å². The summed E-state index contributed by atoms with van der Waals surface area (Å²) in [6, 6.07) is 16.3. The molecule has 0 heterocycles. The minimum atomic E-state index is -0.904. The fraction of sp³-hybridized carbons (Fsp3) is 0.261. The maximum atomic E-state index is 13.1. The van der Waals surface area contributed by atoms with Gasteiger partial charge in [-0.1, -0.05) is 30.3 Å². The quantitative estimate of drug-likeness (QED) is 0.273. The second-order valence-corrected chi connectivity index (χ2v) is 6.11. The summed E-state index contributed by atoms with van der Waals surface area (Å²) < 4.78 is 15.0. The number of benzene rings is 2. The highest BCUT2D eigenvalue weighted by Gasteiger charge is 2.25. The molecule has 0 aromatic heterocycles. The fourth-order valence-electron chi connectivity index (χ4n) is 2.64. The van der Waals surface area contributed by atoms with Crippen LogP contribution in [0.15, 0.2) is 66.2 Å². The topological polar surface area (TPSA) is 82.1 Å². The van der Waals surface area contributed by atoms with E-state index in [4.69, 9.17) is 14.2 Å². The number of carbonyl (C=O) groups is 3. The van der Waals surface area contributed by atoms with Gasteiger partial charge in [-0.25, -0.2) is 9.59 Å². The zero-order chi connectivity index (χ0) is 21.9. The summed E-state index contributed by atoms with van der Waals surface area (Å²) in [6.45, 7) is 3.59. The number of hydrogen-bond acceptors (Lipinski definition) is 6. The van der Waals surface area contributed by atoms with Crippen molar-refractivity contribution in [3.8, 4) is 5.75 Å². The maximum absolute atomic E-state index is 13.1. The van der Waals surface area contributed by atoms with Gasteiger partial charge >= 0.3 is 11.9 Å². The minimum absolute atomic E-state index is 0.0655. The van der Waals surface area contributed by atoms with Crippen LogP contribution in [-0.4, -0.2) is 38.2 Å². The van der Waals surface area contributed by atoms with Crippen LogP contribution in [-0.2, 0) is 30.4 Å². The molecular formula is C23H25NO6. The van der Waals surface area contributed by atoms with Gasteiger partial charge < -0.3 is 19.1 Å². The highest BCUT2D eigenvalue weighted by Crippen LogP contribution is 2.22. The monoisotopic (exact) mass is 411 g/mol. The standard InChI is InChI=1S/C23H25NO6/c1-4-29-22(26)20(23(27)30-5-2)15-21(25)24(16-17-9-7-6-8-10-17)18-11-13-19(28-3)14-12-18/h6-15H,4-5,16H2,1-3H3. The van der Waals surface area contributed by atoms with Crippen molar-refractivity contribution in [3.05, 3.63) is 71.8 Å². The Morgan fingerprint density at radius 1 is 0.867 bits per heavy atom. The fourth-order valence-corrected chi connectivity index (χ4v) is 2.64. The zero-order valence-corrected chi connectivity index (χ0v) is 17.3. The third-order valence-electron chi connectivity index (χ3n) is 4.09. The first kappa shape index (κ1) is 22.7. The summed E-state index contributed by atoms with van der Waals surface area (Å²) in [7, 11) is 1.55. The number of rotatable bonds is 9. The van der Waals surface area contributed by atoms with Crippen LogP contribution >= 0.6 is 0 Å². The second kappa shape index (κ2) is 11.4. The summed E-state index contributed by atoms with van der Waals surface area (Å²) in [5, 5.41) is 0. The Kier molecular flexibility index (Phi) is 8.62. The predicted octanol–water partition coefficient (Wildman–Crippen LogP) is 3.28. The number of carbonyl (C=O) groups excluding carboxylic acids is 3. The lowest BCUT2D eigenvalue weighted by Gasteiger charge is -2.22. The lowest BCUT2D eigenvalue weighted by atomic mass is 10.1. The van der Waals surface area contributed by atoms with Crippen LogP contribution in [0.1, 0.15) is 19.4 Å². The van der Waals surface area contributed by atoms with Crippen LogP contribution in [0.5, 0.6) is 5.75 Å². The molecule has 30 heavy (non-hydrogen) atoms. The number of amides is 1. The number of nitrogens with zero attached hydrogens (tertiary/aromatic N) is 1. The van der Waals surface area contributed by atoms with Crippen molar-refractivity contribution in [2.45, 2.75) is 20.4 Å². The van der Waals surface area contributed by atoms with E-state index in [0.29, 0.717) is 11.4 Å². The summed E-state index contributed by atoms with van der Waals surface area (Å²) in [4.78, 5) is 39.0. The Balaban J connectivity index is 2.43. The normalized spacial score (nSPS) is 9.97. The van der Waals surface area contributed by atoms with Gasteiger partial charge in [0, 0.05) is 11.8 Å². The molecule has 0 aliphatic rings. The van der Waals surface area contributed by atoms with Crippen LogP contribution in [0.4, 0.5) is 5.69 Å². The van der Waals surface area contributed by atoms with Crippen LogP contribution < -0.4 is 9.64 Å². The SMILES string of the molecule is CCOC(=O)C(=CC(=O)N(Cc1ccccc1)c1ccc(OC)cc1)C(=O)OCC. The Bertz CT molecular complexity index is 870.